The van der Waals surface area contributed by atoms with E-state index in [9.17, 15) is 4.79 Å². The van der Waals surface area contributed by atoms with Crippen molar-refractivity contribution in [1.29, 1.82) is 0 Å². The first-order valence-electron chi connectivity index (χ1n) is 10.6. The van der Waals surface area contributed by atoms with Gasteiger partial charge in [0.1, 0.15) is 11.6 Å². The summed E-state index contributed by atoms with van der Waals surface area (Å²) in [7, 11) is 0. The van der Waals surface area contributed by atoms with Crippen LogP contribution in [0.4, 0.5) is 5.82 Å². The van der Waals surface area contributed by atoms with Crippen molar-refractivity contribution in [2.24, 2.45) is 0 Å². The minimum atomic E-state index is -0.0611. The second kappa shape index (κ2) is 8.38. The highest BCUT2D eigenvalue weighted by atomic mass is 16.1. The van der Waals surface area contributed by atoms with Crippen molar-refractivity contribution in [3.63, 3.8) is 0 Å². The molecule has 0 aromatic carbocycles. The monoisotopic (exact) mass is 407 g/mol. The molecule has 4 rings (SSSR count). The van der Waals surface area contributed by atoms with Crippen LogP contribution in [0.1, 0.15) is 68.7 Å². The summed E-state index contributed by atoms with van der Waals surface area (Å²) in [5.74, 6) is 2.71. The first-order valence-corrected chi connectivity index (χ1v) is 10.6. The van der Waals surface area contributed by atoms with Gasteiger partial charge in [-0.1, -0.05) is 13.8 Å². The van der Waals surface area contributed by atoms with Crippen molar-refractivity contribution in [2.45, 2.75) is 71.4 Å². The molecular formula is C22H29N7O. The average molecular weight is 408 g/mol. The molecular weight excluding hydrogens is 378 g/mol. The first-order chi connectivity index (χ1) is 14.4. The van der Waals surface area contributed by atoms with E-state index >= 15 is 0 Å². The minimum absolute atomic E-state index is 0.0611. The molecule has 0 unspecified atom stereocenters. The van der Waals surface area contributed by atoms with Crippen molar-refractivity contribution in [3.05, 3.63) is 58.0 Å². The number of rotatable bonds is 5. The molecule has 158 valence electrons. The summed E-state index contributed by atoms with van der Waals surface area (Å²) in [6, 6.07) is 7.70. The van der Waals surface area contributed by atoms with Crippen molar-refractivity contribution in [1.82, 2.24) is 29.5 Å². The predicted octanol–water partition coefficient (Wildman–Crippen LogP) is 3.56. The lowest BCUT2D eigenvalue weighted by atomic mass is 9.91. The number of nitrogens with one attached hydrogen (secondary N) is 1. The Morgan fingerprint density at radius 3 is 2.50 bits per heavy atom. The van der Waals surface area contributed by atoms with Crippen molar-refractivity contribution in [3.8, 4) is 5.82 Å². The standard InChI is InChI=1S/C22H29N7O/c1-14(2)22-23-12-11-19(25-22)24-17-5-7-18(8-6-17)29-21(30)10-9-20(27-29)28-16(4)13-15(3)26-28/h9-14,17-18H,5-8H2,1-4H3,(H,23,24,25). The molecule has 3 heterocycles. The van der Waals surface area contributed by atoms with E-state index in [1.807, 2.05) is 32.2 Å². The molecule has 30 heavy (non-hydrogen) atoms. The topological polar surface area (TPSA) is 90.5 Å². The highest BCUT2D eigenvalue weighted by Crippen LogP contribution is 2.29. The molecule has 1 N–H and O–H groups in total. The van der Waals surface area contributed by atoms with Crippen LogP contribution in [0, 0.1) is 13.8 Å². The molecule has 8 nitrogen and oxygen atoms in total. The normalized spacial score (nSPS) is 19.2. The molecule has 0 aliphatic heterocycles. The van der Waals surface area contributed by atoms with Gasteiger partial charge in [0.05, 0.1) is 11.7 Å². The van der Waals surface area contributed by atoms with Gasteiger partial charge in [-0.3, -0.25) is 4.79 Å². The molecule has 3 aromatic heterocycles. The molecule has 0 bridgehead atoms. The van der Waals surface area contributed by atoms with Crippen LogP contribution in [0.5, 0.6) is 0 Å². The molecule has 0 amide bonds. The zero-order valence-electron chi connectivity index (χ0n) is 18.0. The van der Waals surface area contributed by atoms with Gasteiger partial charge < -0.3 is 5.32 Å². The van der Waals surface area contributed by atoms with E-state index in [1.54, 1.807) is 21.5 Å². The lowest BCUT2D eigenvalue weighted by Crippen LogP contribution is -2.33. The molecule has 1 saturated carbocycles. The quantitative estimate of drug-likeness (QED) is 0.695. The fraction of sp³-hybridized carbons (Fsp3) is 0.500. The van der Waals surface area contributed by atoms with E-state index in [2.05, 4.69) is 39.3 Å². The SMILES string of the molecule is Cc1cc(C)n(-c2ccc(=O)n(C3CCC(Nc4ccnc(C(C)C)n4)CC3)n2)n1. The van der Waals surface area contributed by atoms with Crippen LogP contribution in [0.2, 0.25) is 0 Å². The maximum atomic E-state index is 12.5. The lowest BCUT2D eigenvalue weighted by molar-refractivity contribution is 0.302. The van der Waals surface area contributed by atoms with Gasteiger partial charge in [-0.2, -0.15) is 5.10 Å². The minimum Gasteiger partial charge on any atom is -0.367 e. The second-order valence-corrected chi connectivity index (χ2v) is 8.42. The maximum Gasteiger partial charge on any atom is 0.267 e. The summed E-state index contributed by atoms with van der Waals surface area (Å²) >= 11 is 0. The van der Waals surface area contributed by atoms with Gasteiger partial charge in [0.15, 0.2) is 5.82 Å². The Kier molecular flexibility index (Phi) is 5.65. The van der Waals surface area contributed by atoms with Crippen LogP contribution in [0.15, 0.2) is 35.3 Å². The molecule has 3 aromatic rings. The fourth-order valence-electron chi connectivity index (χ4n) is 4.06. The van der Waals surface area contributed by atoms with E-state index in [1.165, 1.54) is 0 Å². The number of hydrogen-bond donors (Lipinski definition) is 1. The third-order valence-corrected chi connectivity index (χ3v) is 5.62. The first kappa shape index (κ1) is 20.3. The highest BCUT2D eigenvalue weighted by molar-refractivity contribution is 5.34. The van der Waals surface area contributed by atoms with Gasteiger partial charge in [-0.05, 0) is 57.7 Å². The Morgan fingerprint density at radius 2 is 1.83 bits per heavy atom. The van der Waals surface area contributed by atoms with Crippen LogP contribution in [0.3, 0.4) is 0 Å². The maximum absolute atomic E-state index is 12.5. The summed E-state index contributed by atoms with van der Waals surface area (Å²) in [4.78, 5) is 21.4. The van der Waals surface area contributed by atoms with E-state index in [-0.39, 0.29) is 11.6 Å². The Balaban J connectivity index is 1.45. The Hall–Kier alpha value is -3.03. The van der Waals surface area contributed by atoms with Crippen LogP contribution in [-0.4, -0.2) is 35.6 Å². The van der Waals surface area contributed by atoms with E-state index < -0.39 is 0 Å². The zero-order chi connectivity index (χ0) is 21.3. The number of hydrogen-bond acceptors (Lipinski definition) is 6. The Bertz CT molecular complexity index is 1080. The van der Waals surface area contributed by atoms with Gasteiger partial charge in [-0.15, -0.1) is 5.10 Å². The molecule has 0 atom stereocenters. The van der Waals surface area contributed by atoms with E-state index in [0.29, 0.717) is 17.8 Å². The molecule has 1 aliphatic carbocycles. The predicted molar refractivity (Wildman–Crippen MR) is 116 cm³/mol. The third kappa shape index (κ3) is 4.27. The summed E-state index contributed by atoms with van der Waals surface area (Å²) in [5.41, 5.74) is 1.88. The van der Waals surface area contributed by atoms with Gasteiger partial charge in [0.2, 0.25) is 0 Å². The third-order valence-electron chi connectivity index (χ3n) is 5.62. The van der Waals surface area contributed by atoms with Crippen LogP contribution < -0.4 is 10.9 Å². The number of aryl methyl sites for hydroxylation is 2. The van der Waals surface area contributed by atoms with Gasteiger partial charge in [-0.25, -0.2) is 19.3 Å². The van der Waals surface area contributed by atoms with Gasteiger partial charge in [0.25, 0.3) is 5.56 Å². The molecule has 1 aliphatic rings. The number of aromatic nitrogens is 6. The summed E-state index contributed by atoms with van der Waals surface area (Å²) < 4.78 is 3.43. The lowest BCUT2D eigenvalue weighted by Gasteiger charge is -2.30. The molecule has 0 saturated heterocycles. The Morgan fingerprint density at radius 1 is 1.07 bits per heavy atom. The number of nitrogens with zero attached hydrogens (tertiary/aromatic N) is 6. The average Bonchev–Trinajstić information content (AvgIpc) is 3.07. The van der Waals surface area contributed by atoms with E-state index in [0.717, 1.165) is 48.7 Å². The fourth-order valence-corrected chi connectivity index (χ4v) is 4.06. The van der Waals surface area contributed by atoms with Crippen molar-refractivity contribution >= 4 is 5.82 Å². The van der Waals surface area contributed by atoms with Gasteiger partial charge in [0, 0.05) is 29.9 Å². The van der Waals surface area contributed by atoms with Crippen LogP contribution >= 0.6 is 0 Å². The van der Waals surface area contributed by atoms with Crippen molar-refractivity contribution < 1.29 is 0 Å². The summed E-state index contributed by atoms with van der Waals surface area (Å²) in [6.07, 6.45) is 5.53. The second-order valence-electron chi connectivity index (χ2n) is 8.42. The smallest absolute Gasteiger partial charge is 0.267 e. The summed E-state index contributed by atoms with van der Waals surface area (Å²) in [6.45, 7) is 8.13. The highest BCUT2D eigenvalue weighted by Gasteiger charge is 2.24. The van der Waals surface area contributed by atoms with Crippen LogP contribution in [0.25, 0.3) is 5.82 Å². The van der Waals surface area contributed by atoms with Crippen LogP contribution in [-0.2, 0) is 0 Å². The molecule has 1 fully saturated rings. The van der Waals surface area contributed by atoms with E-state index in [4.69, 9.17) is 0 Å². The molecule has 0 radical (unpaired) electrons. The number of anilines is 1. The zero-order valence-corrected chi connectivity index (χ0v) is 18.0. The summed E-state index contributed by atoms with van der Waals surface area (Å²) in [5, 5.41) is 12.7. The Labute approximate surface area is 176 Å². The largest absolute Gasteiger partial charge is 0.367 e. The molecule has 0 spiro atoms. The van der Waals surface area contributed by atoms with Gasteiger partial charge >= 0.3 is 0 Å². The van der Waals surface area contributed by atoms with Crippen molar-refractivity contribution in [2.75, 3.05) is 5.32 Å². The molecule has 8 heteroatoms.